The molecular formula is C36H18F6N12O2. The Labute approximate surface area is 309 Å². The molecule has 4 heterocycles. The molecule has 0 N–H and O–H groups in total. The molecule has 0 saturated heterocycles. The van der Waals surface area contributed by atoms with Crippen LogP contribution in [0.15, 0.2) is 83.8 Å². The molecule has 0 spiro atoms. The van der Waals surface area contributed by atoms with E-state index in [1.165, 1.54) is 26.0 Å². The van der Waals surface area contributed by atoms with Crippen LogP contribution in [0.5, 0.6) is 11.5 Å². The van der Waals surface area contributed by atoms with E-state index in [1.54, 1.807) is 12.1 Å². The molecule has 4 aromatic rings. The third-order valence-electron chi connectivity index (χ3n) is 8.23. The van der Waals surface area contributed by atoms with Crippen molar-refractivity contribution in [1.29, 1.82) is 10.5 Å². The van der Waals surface area contributed by atoms with Gasteiger partial charge in [0.15, 0.2) is 34.9 Å². The maximum Gasteiger partial charge on any atom is 0.573 e. The number of aromatic nitrogens is 3. The van der Waals surface area contributed by atoms with E-state index < -0.39 is 53.0 Å². The number of hydrogen-bond donors (Lipinski definition) is 0. The summed E-state index contributed by atoms with van der Waals surface area (Å²) in [5, 5.41) is 21.7. The number of hydrogen-bond acceptors (Lipinski definition) is 13. The summed E-state index contributed by atoms with van der Waals surface area (Å²) in [7, 11) is 0. The summed E-state index contributed by atoms with van der Waals surface area (Å²) in [4.78, 5) is 42.4. The lowest BCUT2D eigenvalue weighted by Gasteiger charge is -2.10. The summed E-state index contributed by atoms with van der Waals surface area (Å²) in [6, 6.07) is 11.9. The molecule has 0 radical (unpaired) electrons. The first-order chi connectivity index (χ1) is 26.4. The Morgan fingerprint density at radius 1 is 0.536 bits per heavy atom. The molecule has 0 atom stereocenters. The Kier molecular flexibility index (Phi) is 8.73. The number of allylic oxidation sites excluding steroid dienone is 2. The highest BCUT2D eigenvalue weighted by atomic mass is 19.4. The minimum absolute atomic E-state index is 0.0657. The minimum Gasteiger partial charge on any atom is -0.405 e. The Balaban J connectivity index is 1.46. The van der Waals surface area contributed by atoms with Crippen LogP contribution < -0.4 is 41.6 Å². The van der Waals surface area contributed by atoms with Gasteiger partial charge in [0.05, 0.1) is 38.7 Å². The average molecular weight is 765 g/mol. The van der Waals surface area contributed by atoms with Gasteiger partial charge in [-0.05, 0) is 74.2 Å². The van der Waals surface area contributed by atoms with Crippen molar-refractivity contribution in [2.75, 3.05) is 0 Å². The second kappa shape index (κ2) is 13.3. The molecule has 14 nitrogen and oxygen atoms in total. The fraction of sp³-hybridized carbons (Fsp3) is 0.167. The molecule has 56 heavy (non-hydrogen) atoms. The van der Waals surface area contributed by atoms with Gasteiger partial charge in [-0.1, -0.05) is 0 Å². The van der Waals surface area contributed by atoms with Gasteiger partial charge >= 0.3 is 12.7 Å². The maximum atomic E-state index is 13.1. The normalized spacial score (nSPS) is 15.4. The summed E-state index contributed by atoms with van der Waals surface area (Å²) < 4.78 is 86.5. The highest BCUT2D eigenvalue weighted by Gasteiger charge is 2.33. The molecule has 20 heteroatoms. The first kappa shape index (κ1) is 36.7. The predicted octanol–water partition coefficient (Wildman–Crippen LogP) is 3.69. The largest absolute Gasteiger partial charge is 0.573 e. The fourth-order valence-corrected chi connectivity index (χ4v) is 5.51. The van der Waals surface area contributed by atoms with Gasteiger partial charge in [-0.3, -0.25) is 0 Å². The van der Waals surface area contributed by atoms with E-state index in [9.17, 15) is 36.9 Å². The molecule has 0 aliphatic carbocycles. The highest BCUT2D eigenvalue weighted by molar-refractivity contribution is 5.80. The van der Waals surface area contributed by atoms with Crippen LogP contribution in [-0.2, 0) is 0 Å². The van der Waals surface area contributed by atoms with Crippen molar-refractivity contribution in [3.63, 3.8) is 0 Å². The Hall–Kier alpha value is -7.66. The topological polar surface area (TPSA) is 183 Å². The molecule has 3 aliphatic rings. The lowest BCUT2D eigenvalue weighted by atomic mass is 10.1. The summed E-state index contributed by atoms with van der Waals surface area (Å²) >= 11 is 0. The van der Waals surface area contributed by atoms with E-state index in [1.807, 2.05) is 26.0 Å². The molecule has 3 aromatic carbocycles. The molecule has 0 amide bonds. The number of fused-ring (bicyclic) bond motifs is 3. The van der Waals surface area contributed by atoms with Crippen molar-refractivity contribution in [2.45, 2.75) is 40.4 Å². The molecule has 0 fully saturated rings. The van der Waals surface area contributed by atoms with E-state index in [4.69, 9.17) is 6.57 Å². The smallest absolute Gasteiger partial charge is 0.405 e. The summed E-state index contributed by atoms with van der Waals surface area (Å²) in [5.41, 5.74) is 0.728. The van der Waals surface area contributed by atoms with E-state index >= 15 is 0 Å². The molecule has 7 rings (SSSR count). The van der Waals surface area contributed by atoms with Gasteiger partial charge in [0.25, 0.3) is 5.70 Å². The van der Waals surface area contributed by atoms with Crippen molar-refractivity contribution in [1.82, 2.24) is 15.0 Å². The van der Waals surface area contributed by atoms with Gasteiger partial charge in [-0.15, -0.1) is 26.3 Å². The summed E-state index contributed by atoms with van der Waals surface area (Å²) in [6.07, 6.45) is -10.0. The summed E-state index contributed by atoms with van der Waals surface area (Å²) in [6.45, 7) is 14.5. The van der Waals surface area contributed by atoms with Crippen molar-refractivity contribution in [3.05, 3.63) is 137 Å². The van der Waals surface area contributed by atoms with Crippen LogP contribution in [0.4, 0.5) is 26.3 Å². The molecule has 276 valence electrons. The van der Waals surface area contributed by atoms with Gasteiger partial charge in [0, 0.05) is 12.1 Å². The van der Waals surface area contributed by atoms with Crippen molar-refractivity contribution >= 4 is 16.8 Å². The fourth-order valence-electron chi connectivity index (χ4n) is 5.51. The minimum atomic E-state index is -5.00. The van der Waals surface area contributed by atoms with E-state index in [2.05, 4.69) is 59.2 Å². The predicted molar refractivity (Wildman–Crippen MR) is 177 cm³/mol. The van der Waals surface area contributed by atoms with Gasteiger partial charge in [-0.2, -0.15) is 10.5 Å². The van der Waals surface area contributed by atoms with Crippen LogP contribution in [-0.4, -0.2) is 27.7 Å². The first-order valence-corrected chi connectivity index (χ1v) is 15.8. The van der Waals surface area contributed by atoms with Crippen molar-refractivity contribution in [2.24, 2.45) is 30.0 Å². The lowest BCUT2D eigenvalue weighted by Crippen LogP contribution is -2.25. The average Bonchev–Trinajstić information content (AvgIpc) is 3.81. The zero-order chi connectivity index (χ0) is 40.3. The van der Waals surface area contributed by atoms with Gasteiger partial charge in [0.2, 0.25) is 0 Å². The van der Waals surface area contributed by atoms with Gasteiger partial charge < -0.3 is 9.47 Å². The molecule has 0 unspecified atom stereocenters. The Bertz CT molecular complexity index is 2900. The Morgan fingerprint density at radius 2 is 0.857 bits per heavy atom. The van der Waals surface area contributed by atoms with Crippen molar-refractivity contribution in [3.8, 4) is 23.6 Å². The van der Waals surface area contributed by atoms with Gasteiger partial charge in [-0.25, -0.2) is 49.8 Å². The first-order valence-electron chi connectivity index (χ1n) is 15.8. The molecule has 0 bridgehead atoms. The van der Waals surface area contributed by atoms with E-state index in [0.29, 0.717) is 10.7 Å². The zero-order valence-electron chi connectivity index (χ0n) is 28.9. The van der Waals surface area contributed by atoms with Crippen LogP contribution in [0, 0.1) is 56.9 Å². The second-order valence-corrected chi connectivity index (χ2v) is 12.1. The number of benzene rings is 3. The number of aryl methyl sites for hydroxylation is 4. The summed E-state index contributed by atoms with van der Waals surface area (Å²) in [5.74, 6) is -3.23. The molecule has 1 aromatic heterocycles. The van der Waals surface area contributed by atoms with Crippen LogP contribution in [0.3, 0.4) is 0 Å². The van der Waals surface area contributed by atoms with Crippen LogP contribution in [0.25, 0.3) is 21.7 Å². The number of alkyl halides is 6. The van der Waals surface area contributed by atoms with E-state index in [0.717, 1.165) is 23.3 Å². The van der Waals surface area contributed by atoms with Crippen LogP contribution >= 0.6 is 0 Å². The standard InChI is InChI=1S/C36H18F6N12O2/c1-14-6-20-21(7-15(14)2)47-29(46-20)18(12-43)31-52-32(19(13-44)30-48-22-8-16(3)26(10-24(22)49-30)55-35(37,38)39)54-34(53-31)28(45-5)33-50-23-9-17(4)27(11-25(23)51-33)56-36(40,41)42/h6-11H,1-4H3/b30-19-,33-28+. The SMILES string of the molecule is [C-]#[N+]/C(=C1\N=c2cc(C)c(OC(F)(F)F)cc2=N1)c1nc(C(C#N)=C2N=c3cc(C)c(C)cc3=N2)nc(/C(C#N)=C2/N=c3cc(C)c(OC(F)(F)F)cc3=N2)n1. The molecule has 0 saturated carbocycles. The van der Waals surface area contributed by atoms with Crippen molar-refractivity contribution < 1.29 is 35.8 Å². The monoisotopic (exact) mass is 764 g/mol. The third kappa shape index (κ3) is 7.04. The number of halogens is 6. The van der Waals surface area contributed by atoms with Gasteiger partial charge in [0.1, 0.15) is 34.8 Å². The number of rotatable bonds is 5. The Morgan fingerprint density at radius 3 is 1.20 bits per heavy atom. The number of nitriles is 2. The van der Waals surface area contributed by atoms with Crippen LogP contribution in [0.2, 0.25) is 0 Å². The molecule has 3 aliphatic heterocycles. The zero-order valence-corrected chi connectivity index (χ0v) is 28.9. The van der Waals surface area contributed by atoms with E-state index in [-0.39, 0.29) is 55.6 Å². The quantitative estimate of drug-likeness (QED) is 0.169. The number of ether oxygens (including phenoxy) is 2. The maximum absolute atomic E-state index is 13.1. The molecular weight excluding hydrogens is 746 g/mol. The lowest BCUT2D eigenvalue weighted by molar-refractivity contribution is -0.275. The third-order valence-corrected chi connectivity index (χ3v) is 8.23. The second-order valence-electron chi connectivity index (χ2n) is 12.1. The highest BCUT2D eigenvalue weighted by Crippen LogP contribution is 2.29. The van der Waals surface area contributed by atoms with Crippen LogP contribution in [0.1, 0.15) is 39.7 Å². The number of nitrogens with zero attached hydrogens (tertiary/aromatic N) is 12.